The molecule has 2 aromatic rings. The van der Waals surface area contributed by atoms with Crippen LogP contribution in [0, 0.1) is 6.92 Å². The van der Waals surface area contributed by atoms with Crippen LogP contribution in [0.3, 0.4) is 0 Å². The SMILES string of the molecule is CCN(Cc1cccc(C)n1)C(=O)c1ccc(Br)cc1S. The number of hydrogen-bond donors (Lipinski definition) is 1. The highest BCUT2D eigenvalue weighted by Gasteiger charge is 2.17. The topological polar surface area (TPSA) is 33.2 Å². The fraction of sp³-hybridized carbons (Fsp3) is 0.250. The van der Waals surface area contributed by atoms with Gasteiger partial charge in [-0.2, -0.15) is 0 Å². The fourth-order valence-electron chi connectivity index (χ4n) is 2.07. The number of amides is 1. The standard InChI is InChI=1S/C16H17BrN2OS/c1-3-19(10-13-6-4-5-11(2)18-13)16(20)14-8-7-12(17)9-15(14)21/h4-9,21H,3,10H2,1-2H3. The largest absolute Gasteiger partial charge is 0.333 e. The molecule has 2 rings (SSSR count). The Morgan fingerprint density at radius 1 is 1.33 bits per heavy atom. The van der Waals surface area contributed by atoms with Crippen LogP contribution >= 0.6 is 28.6 Å². The molecule has 1 aromatic heterocycles. The van der Waals surface area contributed by atoms with Crippen molar-refractivity contribution >= 4 is 34.5 Å². The lowest BCUT2D eigenvalue weighted by Crippen LogP contribution is -2.31. The molecule has 0 atom stereocenters. The lowest BCUT2D eigenvalue weighted by Gasteiger charge is -2.21. The third kappa shape index (κ3) is 4.08. The van der Waals surface area contributed by atoms with Crippen molar-refractivity contribution < 1.29 is 4.79 Å². The van der Waals surface area contributed by atoms with Crippen LogP contribution in [0.25, 0.3) is 0 Å². The number of aryl methyl sites for hydroxylation is 1. The first-order chi connectivity index (χ1) is 10.0. The van der Waals surface area contributed by atoms with Gasteiger partial charge in [-0.1, -0.05) is 22.0 Å². The van der Waals surface area contributed by atoms with E-state index in [1.54, 1.807) is 11.0 Å². The van der Waals surface area contributed by atoms with Crippen molar-refractivity contribution in [1.29, 1.82) is 0 Å². The number of rotatable bonds is 4. The second-order valence-corrected chi connectivity index (χ2v) is 6.15. The van der Waals surface area contributed by atoms with Crippen molar-refractivity contribution in [3.8, 4) is 0 Å². The van der Waals surface area contributed by atoms with Crippen LogP contribution in [-0.4, -0.2) is 22.3 Å². The zero-order valence-corrected chi connectivity index (χ0v) is 14.5. The second-order valence-electron chi connectivity index (χ2n) is 4.75. The summed E-state index contributed by atoms with van der Waals surface area (Å²) in [5, 5.41) is 0. The molecule has 0 aliphatic carbocycles. The number of hydrogen-bond acceptors (Lipinski definition) is 3. The van der Waals surface area contributed by atoms with Crippen LogP contribution in [0.5, 0.6) is 0 Å². The Balaban J connectivity index is 2.22. The van der Waals surface area contributed by atoms with Crippen LogP contribution in [0.4, 0.5) is 0 Å². The van der Waals surface area contributed by atoms with E-state index in [1.807, 2.05) is 44.2 Å². The summed E-state index contributed by atoms with van der Waals surface area (Å²) in [6, 6.07) is 11.3. The number of benzene rings is 1. The monoisotopic (exact) mass is 364 g/mol. The van der Waals surface area contributed by atoms with Gasteiger partial charge in [-0.05, 0) is 44.2 Å². The first kappa shape index (κ1) is 16.0. The van der Waals surface area contributed by atoms with Gasteiger partial charge in [0.25, 0.3) is 5.91 Å². The molecule has 0 radical (unpaired) electrons. The molecule has 0 bridgehead atoms. The average Bonchev–Trinajstić information content (AvgIpc) is 2.44. The molecule has 0 aliphatic rings. The molecule has 0 unspecified atom stereocenters. The third-order valence-corrected chi connectivity index (χ3v) is 4.02. The van der Waals surface area contributed by atoms with Crippen LogP contribution in [-0.2, 0) is 6.54 Å². The Labute approximate surface area is 138 Å². The van der Waals surface area contributed by atoms with Crippen LogP contribution in [0.15, 0.2) is 45.8 Å². The van der Waals surface area contributed by atoms with Crippen LogP contribution in [0.2, 0.25) is 0 Å². The van der Waals surface area contributed by atoms with Crippen molar-refractivity contribution in [2.45, 2.75) is 25.3 Å². The number of halogens is 1. The second kappa shape index (κ2) is 7.09. The molecular formula is C16H17BrN2OS. The molecule has 0 N–H and O–H groups in total. The predicted molar refractivity (Wildman–Crippen MR) is 90.8 cm³/mol. The van der Waals surface area contributed by atoms with Gasteiger partial charge in [-0.25, -0.2) is 0 Å². The van der Waals surface area contributed by atoms with Crippen molar-refractivity contribution in [1.82, 2.24) is 9.88 Å². The van der Waals surface area contributed by atoms with Gasteiger partial charge in [-0.3, -0.25) is 9.78 Å². The van der Waals surface area contributed by atoms with Crippen LogP contribution < -0.4 is 0 Å². The molecule has 0 aliphatic heterocycles. The molecule has 110 valence electrons. The van der Waals surface area contributed by atoms with Crippen LogP contribution in [0.1, 0.15) is 28.7 Å². The normalized spacial score (nSPS) is 10.5. The predicted octanol–water partition coefficient (Wildman–Crippen LogP) is 4.10. The summed E-state index contributed by atoms with van der Waals surface area (Å²) in [5.41, 5.74) is 2.45. The van der Waals surface area contributed by atoms with Gasteiger partial charge in [0.05, 0.1) is 17.8 Å². The molecule has 21 heavy (non-hydrogen) atoms. The molecule has 0 fully saturated rings. The number of thiol groups is 1. The molecular weight excluding hydrogens is 348 g/mol. The van der Waals surface area contributed by atoms with Crippen molar-refractivity contribution in [3.63, 3.8) is 0 Å². The molecule has 1 amide bonds. The Kier molecular flexibility index (Phi) is 5.42. The van der Waals surface area contributed by atoms with Gasteiger partial charge in [0.1, 0.15) is 0 Å². The Bertz CT molecular complexity index is 660. The van der Waals surface area contributed by atoms with E-state index < -0.39 is 0 Å². The van der Waals surface area contributed by atoms with E-state index >= 15 is 0 Å². The smallest absolute Gasteiger partial charge is 0.255 e. The summed E-state index contributed by atoms with van der Waals surface area (Å²) >= 11 is 7.77. The van der Waals surface area contributed by atoms with E-state index in [0.29, 0.717) is 23.5 Å². The highest BCUT2D eigenvalue weighted by atomic mass is 79.9. The zero-order valence-electron chi connectivity index (χ0n) is 12.0. The Hall–Kier alpha value is -1.33. The number of pyridine rings is 1. The minimum atomic E-state index is -0.0293. The maximum atomic E-state index is 12.6. The number of nitrogens with zero attached hydrogens (tertiary/aromatic N) is 2. The molecule has 5 heteroatoms. The summed E-state index contributed by atoms with van der Waals surface area (Å²) in [5.74, 6) is -0.0293. The summed E-state index contributed by atoms with van der Waals surface area (Å²) in [4.78, 5) is 19.5. The number of carbonyl (C=O) groups is 1. The maximum absolute atomic E-state index is 12.6. The van der Waals surface area contributed by atoms with Crippen molar-refractivity contribution in [3.05, 3.63) is 57.8 Å². The quantitative estimate of drug-likeness (QED) is 0.828. The molecule has 1 aromatic carbocycles. The summed E-state index contributed by atoms with van der Waals surface area (Å²) < 4.78 is 0.910. The minimum Gasteiger partial charge on any atom is -0.333 e. The molecule has 1 heterocycles. The van der Waals surface area contributed by atoms with Gasteiger partial charge >= 0.3 is 0 Å². The Morgan fingerprint density at radius 3 is 2.71 bits per heavy atom. The van der Waals surface area contributed by atoms with E-state index in [-0.39, 0.29) is 5.91 Å². The van der Waals surface area contributed by atoms with E-state index in [0.717, 1.165) is 15.9 Å². The number of carbonyl (C=O) groups excluding carboxylic acids is 1. The summed E-state index contributed by atoms with van der Waals surface area (Å²) in [6.07, 6.45) is 0. The van der Waals surface area contributed by atoms with Crippen molar-refractivity contribution in [2.75, 3.05) is 6.54 Å². The van der Waals surface area contributed by atoms with Gasteiger partial charge in [0.2, 0.25) is 0 Å². The highest BCUT2D eigenvalue weighted by Crippen LogP contribution is 2.21. The Morgan fingerprint density at radius 2 is 2.10 bits per heavy atom. The lowest BCUT2D eigenvalue weighted by atomic mass is 10.2. The summed E-state index contributed by atoms with van der Waals surface area (Å²) in [7, 11) is 0. The first-order valence-electron chi connectivity index (χ1n) is 6.71. The first-order valence-corrected chi connectivity index (χ1v) is 7.95. The zero-order chi connectivity index (χ0) is 15.4. The molecule has 0 saturated carbocycles. The van der Waals surface area contributed by atoms with E-state index in [9.17, 15) is 4.79 Å². The van der Waals surface area contributed by atoms with Gasteiger partial charge in [0.15, 0.2) is 0 Å². The van der Waals surface area contributed by atoms with Gasteiger partial charge < -0.3 is 4.90 Å². The lowest BCUT2D eigenvalue weighted by molar-refractivity contribution is 0.0747. The maximum Gasteiger partial charge on any atom is 0.255 e. The summed E-state index contributed by atoms with van der Waals surface area (Å²) in [6.45, 7) is 5.03. The molecule has 3 nitrogen and oxygen atoms in total. The number of aromatic nitrogens is 1. The molecule has 0 saturated heterocycles. The molecule has 0 spiro atoms. The third-order valence-electron chi connectivity index (χ3n) is 3.16. The fourth-order valence-corrected chi connectivity index (χ4v) is 2.91. The van der Waals surface area contributed by atoms with E-state index in [1.165, 1.54) is 0 Å². The highest BCUT2D eigenvalue weighted by molar-refractivity contribution is 9.10. The minimum absolute atomic E-state index is 0.0293. The van der Waals surface area contributed by atoms with Gasteiger partial charge in [0, 0.05) is 21.6 Å². The average molecular weight is 365 g/mol. The van der Waals surface area contributed by atoms with E-state index in [4.69, 9.17) is 0 Å². The van der Waals surface area contributed by atoms with Gasteiger partial charge in [-0.15, -0.1) is 12.6 Å². The van der Waals surface area contributed by atoms with E-state index in [2.05, 4.69) is 33.5 Å². The van der Waals surface area contributed by atoms with Crippen molar-refractivity contribution in [2.24, 2.45) is 0 Å².